The van der Waals surface area contributed by atoms with Gasteiger partial charge in [0, 0.05) is 67.6 Å². The molecule has 5 heterocycles. The van der Waals surface area contributed by atoms with Crippen LogP contribution in [0.25, 0.3) is 16.6 Å². The number of nitro benzene ring substituents is 1. The molecular weight excluding hydrogens is 1010 g/mol. The molecule has 4 aliphatic rings. The molecule has 18 nitrogen and oxygen atoms in total. The summed E-state index contributed by atoms with van der Waals surface area (Å²) in [5, 5.41) is 17.1. The highest BCUT2D eigenvalue weighted by molar-refractivity contribution is 7.90. The predicted octanol–water partition coefficient (Wildman–Crippen LogP) is 9.78. The largest absolute Gasteiger partial charge is 0.474 e. The van der Waals surface area contributed by atoms with Gasteiger partial charge < -0.3 is 29.6 Å². The molecule has 9 rings (SSSR count). The van der Waals surface area contributed by atoms with E-state index in [-0.39, 0.29) is 36.0 Å². The van der Waals surface area contributed by atoms with E-state index in [1.165, 1.54) is 28.8 Å². The number of carbonyl (C=O) groups excluding carboxylic acids is 2. The quantitative estimate of drug-likeness (QED) is 0.0252. The van der Waals surface area contributed by atoms with Crippen LogP contribution in [-0.4, -0.2) is 117 Å². The number of hydrogen-bond donors (Lipinski definition) is 4. The van der Waals surface area contributed by atoms with Crippen molar-refractivity contribution in [2.45, 2.75) is 71.6 Å². The van der Waals surface area contributed by atoms with Crippen molar-refractivity contribution in [3.05, 3.63) is 111 Å². The molecule has 4 N–H and O–H groups in total. The molecule has 5 aromatic rings. The summed E-state index contributed by atoms with van der Waals surface area (Å²) in [6.07, 6.45) is 6.79. The molecule has 21 heteroatoms. The number of fused-ring (bicyclic) bond motifs is 2. The van der Waals surface area contributed by atoms with Crippen molar-refractivity contribution in [3.8, 4) is 5.88 Å². The third-order valence-corrected chi connectivity index (χ3v) is 18.6. The van der Waals surface area contributed by atoms with Crippen molar-refractivity contribution in [2.75, 3.05) is 86.7 Å². The van der Waals surface area contributed by atoms with Crippen molar-refractivity contribution < 1.29 is 41.8 Å². The number of aromatic nitrogens is 2. The van der Waals surface area contributed by atoms with Gasteiger partial charge in [-0.2, -0.15) is 9.51 Å². The average Bonchev–Trinajstić information content (AvgIpc) is 3.83. The molecule has 0 spiro atoms. The van der Waals surface area contributed by atoms with Gasteiger partial charge in [0.2, 0.25) is 12.7 Å². The van der Waals surface area contributed by atoms with Crippen LogP contribution in [0.4, 0.5) is 28.4 Å². The maximum atomic E-state index is 14.4. The normalized spacial score (nSPS) is 20.4. The first-order valence-corrected chi connectivity index (χ1v) is 29.0. The Hall–Kier alpha value is -5.82. The fourth-order valence-electron chi connectivity index (χ4n) is 10.1. The molecule has 2 saturated heterocycles. The van der Waals surface area contributed by atoms with Gasteiger partial charge in [-0.05, 0) is 130 Å². The number of H-pyrrole nitrogens is 1. The molecule has 0 bridgehead atoms. The van der Waals surface area contributed by atoms with Crippen LogP contribution in [-0.2, 0) is 24.1 Å². The molecule has 0 radical (unpaired) electrons. The van der Waals surface area contributed by atoms with Gasteiger partial charge in [0.1, 0.15) is 36.0 Å². The number of hydrogen-bond acceptors (Lipinski definition) is 15. The topological polar surface area (TPSA) is 222 Å². The SMILES string of the molecule is CC1(C)CCC(CN2CCN(c3ccc(C(=O)NS(=O)(=O)c4ccc(NCC5CC[P+](O)(OCOC(=O)C(C)(C)C)CC5)c([N+](=O)[O-])c4)c(N4CCOc5nc6[nH]ccc6cc54)c3)CC2)=C(c2ccc(Cl)cc2)C1. The Morgan fingerprint density at radius 3 is 2.46 bits per heavy atom. The first-order valence-electron chi connectivity index (χ1n) is 25.1. The van der Waals surface area contributed by atoms with E-state index in [2.05, 4.69) is 50.8 Å². The Kier molecular flexibility index (Phi) is 15.4. The van der Waals surface area contributed by atoms with Gasteiger partial charge in [-0.3, -0.25) is 24.6 Å². The number of allylic oxidation sites excluding steroid dienone is 1. The minimum Gasteiger partial charge on any atom is -0.474 e. The number of rotatable bonds is 15. The number of anilines is 4. The van der Waals surface area contributed by atoms with E-state index in [0.29, 0.717) is 61.2 Å². The number of aromatic amines is 1. The van der Waals surface area contributed by atoms with E-state index in [0.717, 1.165) is 74.1 Å². The molecule has 2 aromatic heterocycles. The lowest BCUT2D eigenvalue weighted by molar-refractivity contribution is -0.384. The second-order valence-corrected chi connectivity index (χ2v) is 26.5. The molecule has 74 heavy (non-hydrogen) atoms. The lowest BCUT2D eigenvalue weighted by Crippen LogP contribution is -2.47. The van der Waals surface area contributed by atoms with Crippen LogP contribution < -0.4 is 24.6 Å². The molecular formula is C53H65ClN8O10PS+. The number of piperazine rings is 1. The highest BCUT2D eigenvalue weighted by Crippen LogP contribution is 2.60. The molecule has 394 valence electrons. The van der Waals surface area contributed by atoms with E-state index in [1.54, 1.807) is 33.0 Å². The monoisotopic (exact) mass is 1070 g/mol. The molecule has 0 saturated carbocycles. The zero-order valence-corrected chi connectivity index (χ0v) is 45.0. The number of nitro groups is 1. The fourth-order valence-corrected chi connectivity index (χ4v) is 13.5. The molecule has 1 aliphatic carbocycles. The van der Waals surface area contributed by atoms with Crippen molar-refractivity contribution in [1.29, 1.82) is 0 Å². The first-order chi connectivity index (χ1) is 35.1. The summed E-state index contributed by atoms with van der Waals surface area (Å²) < 4.78 is 47.2. The van der Waals surface area contributed by atoms with Gasteiger partial charge in [0.25, 0.3) is 29.3 Å². The number of benzene rings is 3. The van der Waals surface area contributed by atoms with Crippen LogP contribution >= 0.6 is 19.3 Å². The first kappa shape index (κ1) is 53.0. The van der Waals surface area contributed by atoms with Crippen molar-refractivity contribution in [2.24, 2.45) is 16.7 Å². The van der Waals surface area contributed by atoms with E-state index in [9.17, 15) is 33.0 Å². The highest BCUT2D eigenvalue weighted by atomic mass is 35.5. The van der Waals surface area contributed by atoms with Crippen molar-refractivity contribution >= 4 is 86.3 Å². The number of nitrogens with zero attached hydrogens (tertiary/aromatic N) is 5. The summed E-state index contributed by atoms with van der Waals surface area (Å²) in [4.78, 5) is 63.4. The van der Waals surface area contributed by atoms with Crippen LogP contribution in [0.3, 0.4) is 0 Å². The Labute approximate surface area is 437 Å². The predicted molar refractivity (Wildman–Crippen MR) is 289 cm³/mol. The minimum atomic E-state index is -4.65. The van der Waals surface area contributed by atoms with Crippen LogP contribution in [0.1, 0.15) is 82.6 Å². The fraction of sp³-hybridized carbons (Fsp3) is 0.453. The zero-order valence-electron chi connectivity index (χ0n) is 42.5. The summed E-state index contributed by atoms with van der Waals surface area (Å²) in [5.74, 6) is -0.962. The molecule has 2 fully saturated rings. The van der Waals surface area contributed by atoms with Gasteiger partial charge in [-0.25, -0.2) is 18.0 Å². The second kappa shape index (κ2) is 21.4. The number of pyridine rings is 1. The summed E-state index contributed by atoms with van der Waals surface area (Å²) >= 11 is 6.28. The van der Waals surface area contributed by atoms with Gasteiger partial charge in [0.15, 0.2) is 0 Å². The van der Waals surface area contributed by atoms with E-state index >= 15 is 0 Å². The maximum absolute atomic E-state index is 14.4. The Morgan fingerprint density at radius 2 is 1.74 bits per heavy atom. The standard InChI is InChI=1S/C53H64ClN8O10PS/c1-52(2,3)51(64)71-34-72-73(67)26-16-35(17-27-73)32-56-44-13-11-41(30-46(44)62(65)66)74(68,69)58-49(63)42-12-10-40(29-45(42)61-24-25-70-50-47(61)28-37-15-19-55-48(37)57-50)60-22-20-59(21-23-60)33-38-14-18-53(4,5)31-43(38)36-6-8-39(54)9-7-36/h6-13,15,19,28-30,35,56,67H,14,16-18,20-27,31-34H2,1-5H3,(H-,55,57,58,63)/p+1. The van der Waals surface area contributed by atoms with Crippen LogP contribution in [0.5, 0.6) is 5.88 Å². The smallest absolute Gasteiger partial charge is 0.313 e. The summed E-state index contributed by atoms with van der Waals surface area (Å²) in [5.41, 5.74) is 5.85. The lowest BCUT2D eigenvalue weighted by atomic mass is 9.72. The number of halogens is 1. The lowest BCUT2D eigenvalue weighted by Gasteiger charge is -2.39. The van der Waals surface area contributed by atoms with Crippen molar-refractivity contribution in [3.63, 3.8) is 0 Å². The van der Waals surface area contributed by atoms with Crippen LogP contribution in [0.2, 0.25) is 5.02 Å². The van der Waals surface area contributed by atoms with Gasteiger partial charge in [-0.1, -0.05) is 43.2 Å². The molecule has 3 aliphatic heterocycles. The molecule has 0 atom stereocenters. The number of sulfonamides is 1. The summed E-state index contributed by atoms with van der Waals surface area (Å²) in [6.45, 7) is 14.4. The maximum Gasteiger partial charge on any atom is 0.313 e. The number of nitrogens with one attached hydrogen (secondary N) is 3. The Morgan fingerprint density at radius 1 is 1.00 bits per heavy atom. The number of esters is 1. The molecule has 1 amide bonds. The zero-order chi connectivity index (χ0) is 52.6. The minimum absolute atomic E-state index is 0.0266. The second-order valence-electron chi connectivity index (χ2n) is 21.5. The number of carbonyl (C=O) groups is 2. The van der Waals surface area contributed by atoms with Gasteiger partial charge in [-0.15, -0.1) is 0 Å². The van der Waals surface area contributed by atoms with E-state index in [1.807, 2.05) is 41.3 Å². The highest BCUT2D eigenvalue weighted by Gasteiger charge is 2.43. The van der Waals surface area contributed by atoms with Crippen LogP contribution in [0, 0.1) is 26.9 Å². The third-order valence-electron chi connectivity index (χ3n) is 14.5. The van der Waals surface area contributed by atoms with Gasteiger partial charge in [0.05, 0.1) is 33.0 Å². The molecule has 0 unspecified atom stereocenters. The van der Waals surface area contributed by atoms with E-state index in [4.69, 9.17) is 30.6 Å². The third kappa shape index (κ3) is 12.1. The van der Waals surface area contributed by atoms with Crippen molar-refractivity contribution in [1.82, 2.24) is 19.6 Å². The average molecular weight is 1070 g/mol. The Balaban J connectivity index is 0.907. The van der Waals surface area contributed by atoms with Crippen LogP contribution in [0.15, 0.2) is 89.5 Å². The van der Waals surface area contributed by atoms with E-state index < -0.39 is 50.5 Å². The summed E-state index contributed by atoms with van der Waals surface area (Å²) in [7, 11) is -7.43. The van der Waals surface area contributed by atoms with Gasteiger partial charge >= 0.3 is 5.97 Å². The number of ether oxygens (including phenoxy) is 2. The Bertz CT molecular complexity index is 3070. The number of amides is 1. The summed E-state index contributed by atoms with van der Waals surface area (Å²) in [6, 6.07) is 20.8. The molecule has 3 aromatic carbocycles.